The topological polar surface area (TPSA) is 88.2 Å². The van der Waals surface area contributed by atoms with Crippen LogP contribution >= 0.6 is 0 Å². The number of carboxylic acid groups (broad SMARTS) is 1. The van der Waals surface area contributed by atoms with Gasteiger partial charge in [-0.25, -0.2) is 14.5 Å². The number of carbonyl (C=O) groups is 1. The Morgan fingerprint density at radius 1 is 1.40 bits per heavy atom. The van der Waals surface area contributed by atoms with Crippen molar-refractivity contribution in [1.29, 1.82) is 0 Å². The van der Waals surface area contributed by atoms with Gasteiger partial charge in [-0.2, -0.15) is 5.10 Å². The number of aromatic nitrogens is 3. The summed E-state index contributed by atoms with van der Waals surface area (Å²) in [5.41, 5.74) is 0.332. The van der Waals surface area contributed by atoms with Crippen molar-refractivity contribution in [3.8, 4) is 11.4 Å². The summed E-state index contributed by atoms with van der Waals surface area (Å²) in [6, 6.07) is 4.02. The van der Waals surface area contributed by atoms with Gasteiger partial charge in [0.1, 0.15) is 18.4 Å². The Morgan fingerprint density at radius 2 is 2.20 bits per heavy atom. The van der Waals surface area contributed by atoms with Crippen molar-refractivity contribution < 1.29 is 15.0 Å². The first-order chi connectivity index (χ1) is 7.18. The van der Waals surface area contributed by atoms with Gasteiger partial charge >= 0.3 is 5.97 Å². The number of hydrogen-bond acceptors (Lipinski definition) is 4. The maximum Gasteiger partial charge on any atom is 0.338 e. The van der Waals surface area contributed by atoms with Crippen LogP contribution in [0.1, 0.15) is 10.4 Å². The van der Waals surface area contributed by atoms with Crippen LogP contribution in [0.4, 0.5) is 0 Å². The smallest absolute Gasteiger partial charge is 0.338 e. The van der Waals surface area contributed by atoms with Crippen LogP contribution in [0.5, 0.6) is 5.75 Å². The van der Waals surface area contributed by atoms with Crippen LogP contribution in [-0.4, -0.2) is 30.9 Å². The first-order valence-electron chi connectivity index (χ1n) is 4.10. The molecule has 76 valence electrons. The maximum atomic E-state index is 10.9. The Kier molecular flexibility index (Phi) is 2.09. The minimum atomic E-state index is -1.13. The summed E-state index contributed by atoms with van der Waals surface area (Å²) >= 11 is 0. The van der Waals surface area contributed by atoms with Crippen LogP contribution in [0.15, 0.2) is 30.9 Å². The van der Waals surface area contributed by atoms with Gasteiger partial charge in [0.15, 0.2) is 0 Å². The maximum absolute atomic E-state index is 10.9. The molecule has 0 aliphatic rings. The van der Waals surface area contributed by atoms with Crippen LogP contribution in [0.3, 0.4) is 0 Å². The van der Waals surface area contributed by atoms with E-state index in [0.717, 1.165) is 0 Å². The number of rotatable bonds is 2. The summed E-state index contributed by atoms with van der Waals surface area (Å²) in [6.07, 6.45) is 2.69. The largest absolute Gasteiger partial charge is 0.508 e. The number of nitrogens with zero attached hydrogens (tertiary/aromatic N) is 3. The molecular weight excluding hydrogens is 198 g/mol. The summed E-state index contributed by atoms with van der Waals surface area (Å²) < 4.78 is 1.32. The van der Waals surface area contributed by atoms with Gasteiger partial charge in [0.25, 0.3) is 0 Å². The minimum absolute atomic E-state index is 0.0273. The lowest BCUT2D eigenvalue weighted by Crippen LogP contribution is -2.05. The van der Waals surface area contributed by atoms with E-state index in [-0.39, 0.29) is 11.3 Å². The van der Waals surface area contributed by atoms with E-state index in [9.17, 15) is 9.90 Å². The lowest BCUT2D eigenvalue weighted by molar-refractivity contribution is 0.0696. The molecule has 15 heavy (non-hydrogen) atoms. The van der Waals surface area contributed by atoms with Gasteiger partial charge in [0.05, 0.1) is 11.3 Å². The normalized spacial score (nSPS) is 10.1. The first kappa shape index (κ1) is 9.20. The van der Waals surface area contributed by atoms with Crippen molar-refractivity contribution >= 4 is 5.97 Å². The predicted molar refractivity (Wildman–Crippen MR) is 50.0 cm³/mol. The number of phenolic OH excluding ortho intramolecular Hbond substituents is 1. The lowest BCUT2D eigenvalue weighted by Gasteiger charge is -2.05. The van der Waals surface area contributed by atoms with Crippen LogP contribution in [0, 0.1) is 0 Å². The predicted octanol–water partition coefficient (Wildman–Crippen LogP) is 0.671. The highest BCUT2D eigenvalue weighted by atomic mass is 16.4. The Morgan fingerprint density at radius 3 is 2.80 bits per heavy atom. The van der Waals surface area contributed by atoms with Crippen LogP contribution < -0.4 is 0 Å². The molecular formula is C9H7N3O3. The molecule has 0 bridgehead atoms. The zero-order valence-corrected chi connectivity index (χ0v) is 7.53. The van der Waals surface area contributed by atoms with E-state index in [4.69, 9.17) is 5.11 Å². The number of aromatic hydroxyl groups is 1. The molecule has 1 aromatic carbocycles. The highest BCUT2D eigenvalue weighted by Gasteiger charge is 2.12. The molecule has 0 saturated carbocycles. The van der Waals surface area contributed by atoms with Gasteiger partial charge in [-0.3, -0.25) is 0 Å². The van der Waals surface area contributed by atoms with E-state index >= 15 is 0 Å². The molecule has 0 fully saturated rings. The molecule has 2 rings (SSSR count). The second kappa shape index (κ2) is 3.41. The molecule has 0 atom stereocenters. The number of hydrogen-bond donors (Lipinski definition) is 2. The van der Waals surface area contributed by atoms with E-state index in [1.807, 2.05) is 0 Å². The van der Waals surface area contributed by atoms with E-state index in [1.165, 1.54) is 35.5 Å². The fourth-order valence-corrected chi connectivity index (χ4v) is 1.23. The first-order valence-corrected chi connectivity index (χ1v) is 4.10. The lowest BCUT2D eigenvalue weighted by atomic mass is 10.1. The highest BCUT2D eigenvalue weighted by Crippen LogP contribution is 2.19. The average Bonchev–Trinajstić information content (AvgIpc) is 2.70. The summed E-state index contributed by atoms with van der Waals surface area (Å²) in [5, 5.41) is 21.9. The summed E-state index contributed by atoms with van der Waals surface area (Å²) in [5.74, 6) is -1.23. The van der Waals surface area contributed by atoms with Crippen LogP contribution in [-0.2, 0) is 0 Å². The van der Waals surface area contributed by atoms with Crippen molar-refractivity contribution in [1.82, 2.24) is 14.8 Å². The van der Waals surface area contributed by atoms with Crippen LogP contribution in [0.2, 0.25) is 0 Å². The molecule has 0 amide bonds. The summed E-state index contributed by atoms with van der Waals surface area (Å²) in [6.45, 7) is 0. The van der Waals surface area contributed by atoms with Gasteiger partial charge < -0.3 is 10.2 Å². The number of carboxylic acids is 1. The Hall–Kier alpha value is -2.37. The van der Waals surface area contributed by atoms with E-state index in [0.29, 0.717) is 5.69 Å². The van der Waals surface area contributed by atoms with E-state index in [2.05, 4.69) is 10.1 Å². The molecule has 6 heteroatoms. The third-order valence-electron chi connectivity index (χ3n) is 1.88. The molecule has 2 N–H and O–H groups in total. The molecule has 0 spiro atoms. The highest BCUT2D eigenvalue weighted by molar-refractivity contribution is 5.92. The monoisotopic (exact) mass is 205 g/mol. The molecule has 1 heterocycles. The molecule has 0 saturated heterocycles. The summed E-state index contributed by atoms with van der Waals surface area (Å²) in [7, 11) is 0. The Labute approximate surface area is 84.4 Å². The zero-order valence-electron chi connectivity index (χ0n) is 7.53. The average molecular weight is 205 g/mol. The minimum Gasteiger partial charge on any atom is -0.508 e. The molecule has 0 radical (unpaired) electrons. The van der Waals surface area contributed by atoms with Crippen LogP contribution in [0.25, 0.3) is 5.69 Å². The fraction of sp³-hybridized carbons (Fsp3) is 0. The molecule has 1 aromatic heterocycles. The SMILES string of the molecule is O=C(O)c1cc(O)ccc1-n1cncn1. The molecule has 0 unspecified atom stereocenters. The summed E-state index contributed by atoms with van der Waals surface area (Å²) in [4.78, 5) is 14.6. The number of aromatic carboxylic acids is 1. The van der Waals surface area contributed by atoms with Gasteiger partial charge in [-0.15, -0.1) is 0 Å². The third kappa shape index (κ3) is 1.64. The van der Waals surface area contributed by atoms with Crippen molar-refractivity contribution in [2.45, 2.75) is 0 Å². The quantitative estimate of drug-likeness (QED) is 0.752. The Bertz CT molecular complexity index is 493. The standard InChI is InChI=1S/C9H7N3O3/c13-6-1-2-8(7(3-6)9(14)15)12-5-10-4-11-12/h1-5,13H,(H,14,15). The van der Waals surface area contributed by atoms with E-state index in [1.54, 1.807) is 0 Å². The second-order valence-corrected chi connectivity index (χ2v) is 2.85. The fourth-order valence-electron chi connectivity index (χ4n) is 1.23. The molecule has 2 aromatic rings. The van der Waals surface area contributed by atoms with Crippen molar-refractivity contribution in [3.63, 3.8) is 0 Å². The molecule has 6 nitrogen and oxygen atoms in total. The Balaban J connectivity index is 2.61. The zero-order chi connectivity index (χ0) is 10.8. The van der Waals surface area contributed by atoms with E-state index < -0.39 is 5.97 Å². The van der Waals surface area contributed by atoms with Gasteiger partial charge in [-0.05, 0) is 18.2 Å². The van der Waals surface area contributed by atoms with Gasteiger partial charge in [0.2, 0.25) is 0 Å². The number of phenols is 1. The van der Waals surface area contributed by atoms with Crippen molar-refractivity contribution in [2.24, 2.45) is 0 Å². The van der Waals surface area contributed by atoms with Crippen molar-refractivity contribution in [2.75, 3.05) is 0 Å². The van der Waals surface area contributed by atoms with Crippen molar-refractivity contribution in [3.05, 3.63) is 36.4 Å². The van der Waals surface area contributed by atoms with Gasteiger partial charge in [-0.1, -0.05) is 0 Å². The van der Waals surface area contributed by atoms with Gasteiger partial charge in [0, 0.05) is 0 Å². The molecule has 0 aliphatic carbocycles. The second-order valence-electron chi connectivity index (χ2n) is 2.85. The third-order valence-corrected chi connectivity index (χ3v) is 1.88. The molecule has 0 aliphatic heterocycles. The number of benzene rings is 1.